The summed E-state index contributed by atoms with van der Waals surface area (Å²) in [4.78, 5) is 27.0. The number of amides is 2. The second-order valence-corrected chi connectivity index (χ2v) is 7.95. The van der Waals surface area contributed by atoms with Gasteiger partial charge in [0.2, 0.25) is 0 Å². The fourth-order valence-corrected chi connectivity index (χ4v) is 3.63. The Balaban J connectivity index is 1.69. The fourth-order valence-electron chi connectivity index (χ4n) is 3.63. The molecule has 1 N–H and O–H groups in total. The number of benzene rings is 2. The maximum atomic E-state index is 12.8. The quantitative estimate of drug-likeness (QED) is 0.527. The molecule has 1 heterocycles. The summed E-state index contributed by atoms with van der Waals surface area (Å²) in [5.41, 5.74) is 3.57. The molecule has 3 rings (SSSR count). The normalized spacial score (nSPS) is 13.4. The van der Waals surface area contributed by atoms with E-state index < -0.39 is 6.18 Å². The van der Waals surface area contributed by atoms with E-state index in [4.69, 9.17) is 4.74 Å². The van der Waals surface area contributed by atoms with Gasteiger partial charge in [0.25, 0.3) is 11.8 Å². The van der Waals surface area contributed by atoms with Crippen molar-refractivity contribution in [3.8, 4) is 0 Å². The van der Waals surface area contributed by atoms with Crippen LogP contribution in [0, 0.1) is 6.92 Å². The first-order valence-corrected chi connectivity index (χ1v) is 10.9. The Bertz CT molecular complexity index is 1050. The summed E-state index contributed by atoms with van der Waals surface area (Å²) in [6.45, 7) is 4.85. The van der Waals surface area contributed by atoms with Crippen molar-refractivity contribution in [2.24, 2.45) is 0 Å². The lowest BCUT2D eigenvalue weighted by Crippen LogP contribution is -2.32. The summed E-state index contributed by atoms with van der Waals surface area (Å²) in [6.07, 6.45) is -0.638. The number of ether oxygens (including phenoxy) is 1. The summed E-state index contributed by atoms with van der Waals surface area (Å²) in [7, 11) is 0. The molecule has 1 aliphatic heterocycles. The van der Waals surface area contributed by atoms with Crippen molar-refractivity contribution in [1.82, 2.24) is 0 Å². The number of halogens is 3. The van der Waals surface area contributed by atoms with Gasteiger partial charge in [0.1, 0.15) is 6.61 Å². The summed E-state index contributed by atoms with van der Waals surface area (Å²) in [6, 6.07) is 9.91. The van der Waals surface area contributed by atoms with Gasteiger partial charge in [0, 0.05) is 36.2 Å². The highest BCUT2D eigenvalue weighted by molar-refractivity contribution is 6.06. The second-order valence-electron chi connectivity index (χ2n) is 7.95. The van der Waals surface area contributed by atoms with Crippen molar-refractivity contribution >= 4 is 29.3 Å². The minimum Gasteiger partial charge on any atom is -0.372 e. The van der Waals surface area contributed by atoms with Crippen LogP contribution in [0.1, 0.15) is 46.8 Å². The van der Waals surface area contributed by atoms with Gasteiger partial charge in [-0.05, 0) is 54.7 Å². The molecule has 1 aliphatic rings. The van der Waals surface area contributed by atoms with Gasteiger partial charge in [0.05, 0.1) is 0 Å². The first kappa shape index (κ1) is 24.5. The van der Waals surface area contributed by atoms with Crippen molar-refractivity contribution < 1.29 is 27.5 Å². The van der Waals surface area contributed by atoms with Gasteiger partial charge in [-0.25, -0.2) is 0 Å². The van der Waals surface area contributed by atoms with Gasteiger partial charge >= 0.3 is 6.18 Å². The molecule has 176 valence electrons. The Hall–Kier alpha value is -3.13. The van der Waals surface area contributed by atoms with E-state index in [0.717, 1.165) is 36.6 Å². The molecule has 0 aliphatic carbocycles. The number of unbranched alkanes of at least 4 members (excludes halogenated alkanes) is 1. The number of fused-ring (bicyclic) bond motifs is 1. The molecule has 2 aromatic carbocycles. The first-order valence-electron chi connectivity index (χ1n) is 10.9. The SMILES string of the molecule is CCCCOCC(=O)N1CCc2ccc(NC(=O)c3ccc(/C=C/C(F)(F)F)cc3C)cc21. The molecule has 0 atom stereocenters. The Morgan fingerprint density at radius 3 is 2.67 bits per heavy atom. The van der Waals surface area contributed by atoms with E-state index in [1.165, 1.54) is 18.2 Å². The van der Waals surface area contributed by atoms with Crippen molar-refractivity contribution in [3.63, 3.8) is 0 Å². The molecular weight excluding hydrogens is 433 g/mol. The predicted octanol–water partition coefficient (Wildman–Crippen LogP) is 5.53. The molecule has 8 heteroatoms. The zero-order chi connectivity index (χ0) is 24.0. The van der Waals surface area contributed by atoms with E-state index in [1.807, 2.05) is 6.07 Å². The zero-order valence-corrected chi connectivity index (χ0v) is 18.7. The average Bonchev–Trinajstić information content (AvgIpc) is 3.18. The van der Waals surface area contributed by atoms with E-state index in [-0.39, 0.29) is 24.5 Å². The number of aryl methyl sites for hydroxylation is 1. The van der Waals surface area contributed by atoms with Gasteiger partial charge < -0.3 is 15.0 Å². The highest BCUT2D eigenvalue weighted by Crippen LogP contribution is 2.31. The van der Waals surface area contributed by atoms with Crippen LogP contribution in [-0.4, -0.2) is 37.7 Å². The van der Waals surface area contributed by atoms with Crippen LogP contribution in [0.15, 0.2) is 42.5 Å². The topological polar surface area (TPSA) is 58.6 Å². The molecule has 0 saturated carbocycles. The summed E-state index contributed by atoms with van der Waals surface area (Å²) >= 11 is 0. The molecule has 0 spiro atoms. The molecule has 5 nitrogen and oxygen atoms in total. The molecular formula is C25H27F3N2O3. The molecule has 2 aromatic rings. The minimum atomic E-state index is -4.39. The van der Waals surface area contributed by atoms with Crippen LogP contribution < -0.4 is 10.2 Å². The number of anilines is 2. The molecule has 0 bridgehead atoms. The lowest BCUT2D eigenvalue weighted by atomic mass is 10.0. The lowest BCUT2D eigenvalue weighted by molar-refractivity contribution is -0.123. The van der Waals surface area contributed by atoms with Crippen LogP contribution in [0.25, 0.3) is 6.08 Å². The third kappa shape index (κ3) is 6.68. The summed E-state index contributed by atoms with van der Waals surface area (Å²) in [5, 5.41) is 2.82. The summed E-state index contributed by atoms with van der Waals surface area (Å²) in [5.74, 6) is -0.496. The third-order valence-corrected chi connectivity index (χ3v) is 5.37. The van der Waals surface area contributed by atoms with Crippen molar-refractivity contribution in [3.05, 3.63) is 64.7 Å². The molecule has 0 unspecified atom stereocenters. The maximum absolute atomic E-state index is 12.8. The van der Waals surface area contributed by atoms with E-state index in [2.05, 4.69) is 12.2 Å². The largest absolute Gasteiger partial charge is 0.409 e. The number of carbonyl (C=O) groups excluding carboxylic acids is 2. The highest BCUT2D eigenvalue weighted by atomic mass is 19.4. The molecule has 0 fully saturated rings. The van der Waals surface area contributed by atoms with E-state index in [9.17, 15) is 22.8 Å². The van der Waals surface area contributed by atoms with Crippen LogP contribution in [0.2, 0.25) is 0 Å². The van der Waals surface area contributed by atoms with Gasteiger partial charge in [-0.3, -0.25) is 9.59 Å². The second kappa shape index (κ2) is 10.7. The molecule has 33 heavy (non-hydrogen) atoms. The number of hydrogen-bond donors (Lipinski definition) is 1. The first-order chi connectivity index (χ1) is 15.7. The van der Waals surface area contributed by atoms with Gasteiger partial charge in [-0.2, -0.15) is 13.2 Å². The number of carbonyl (C=O) groups is 2. The Kier molecular flexibility index (Phi) is 7.92. The van der Waals surface area contributed by atoms with Crippen molar-refractivity contribution in [2.45, 2.75) is 39.3 Å². The van der Waals surface area contributed by atoms with Gasteiger partial charge in [-0.1, -0.05) is 37.6 Å². The summed E-state index contributed by atoms with van der Waals surface area (Å²) < 4.78 is 42.6. The van der Waals surface area contributed by atoms with Crippen LogP contribution in [0.4, 0.5) is 24.5 Å². The monoisotopic (exact) mass is 460 g/mol. The fraction of sp³-hybridized carbons (Fsp3) is 0.360. The van der Waals surface area contributed by atoms with Crippen LogP contribution >= 0.6 is 0 Å². The van der Waals surface area contributed by atoms with E-state index in [1.54, 1.807) is 24.0 Å². The number of allylic oxidation sites excluding steroid dienone is 1. The van der Waals surface area contributed by atoms with Gasteiger partial charge in [-0.15, -0.1) is 0 Å². The number of rotatable bonds is 8. The van der Waals surface area contributed by atoms with Crippen LogP contribution in [0.5, 0.6) is 0 Å². The van der Waals surface area contributed by atoms with Crippen molar-refractivity contribution in [2.75, 3.05) is 30.0 Å². The minimum absolute atomic E-state index is 0.0182. The Labute approximate surface area is 191 Å². The van der Waals surface area contributed by atoms with Crippen LogP contribution in [0.3, 0.4) is 0 Å². The maximum Gasteiger partial charge on any atom is 0.409 e. The highest BCUT2D eigenvalue weighted by Gasteiger charge is 2.25. The molecule has 2 amide bonds. The lowest BCUT2D eigenvalue weighted by Gasteiger charge is -2.18. The van der Waals surface area contributed by atoms with Gasteiger partial charge in [0.15, 0.2) is 0 Å². The third-order valence-electron chi connectivity index (χ3n) is 5.37. The zero-order valence-electron chi connectivity index (χ0n) is 18.7. The predicted molar refractivity (Wildman–Crippen MR) is 122 cm³/mol. The molecule has 0 aromatic heterocycles. The van der Waals surface area contributed by atoms with Crippen LogP contribution in [-0.2, 0) is 16.0 Å². The van der Waals surface area contributed by atoms with Crippen molar-refractivity contribution in [1.29, 1.82) is 0 Å². The molecule has 0 radical (unpaired) electrons. The average molecular weight is 460 g/mol. The number of hydrogen-bond acceptors (Lipinski definition) is 3. The van der Waals surface area contributed by atoms with E-state index in [0.29, 0.717) is 35.5 Å². The smallest absolute Gasteiger partial charge is 0.372 e. The molecule has 0 saturated heterocycles. The van der Waals surface area contributed by atoms with E-state index >= 15 is 0 Å². The number of alkyl halides is 3. The standard InChI is InChI=1S/C25H27F3N2O3/c1-3-4-13-33-16-23(31)30-12-10-19-6-7-20(15-22(19)30)29-24(32)21-8-5-18(14-17(21)2)9-11-25(26,27)28/h5-9,11,14-15H,3-4,10,12-13,16H2,1-2H3,(H,29,32)/b11-9+. The Morgan fingerprint density at radius 2 is 1.97 bits per heavy atom. The number of nitrogens with one attached hydrogen (secondary N) is 1. The Morgan fingerprint density at radius 1 is 1.18 bits per heavy atom. The number of nitrogens with zero attached hydrogens (tertiary/aromatic N) is 1.